The predicted octanol–water partition coefficient (Wildman–Crippen LogP) is 3.65. The molecular weight excluding hydrogens is 298 g/mol. The molecule has 1 aliphatic rings. The van der Waals surface area contributed by atoms with Crippen molar-refractivity contribution < 1.29 is 4.79 Å². The molecule has 1 N–H and O–H groups in total. The van der Waals surface area contributed by atoms with Gasteiger partial charge in [0, 0.05) is 12.2 Å². The lowest BCUT2D eigenvalue weighted by Crippen LogP contribution is -2.44. The average molecular weight is 319 g/mol. The third kappa shape index (κ3) is 3.11. The third-order valence-corrected chi connectivity index (χ3v) is 4.54. The van der Waals surface area contributed by atoms with Crippen molar-refractivity contribution in [2.24, 2.45) is 0 Å². The average Bonchev–Trinajstić information content (AvgIpc) is 2.60. The van der Waals surface area contributed by atoms with Crippen molar-refractivity contribution in [2.75, 3.05) is 16.8 Å². The Bertz CT molecular complexity index is 807. The SMILES string of the molecule is Cc1ccc2c(c1)CCCN2[C@H](C)C(=O)Nc1ccccc1C#N. The van der Waals surface area contributed by atoms with Gasteiger partial charge in [-0.15, -0.1) is 0 Å². The van der Waals surface area contributed by atoms with Crippen LogP contribution in [0.2, 0.25) is 0 Å². The number of carbonyl (C=O) groups is 1. The molecule has 0 fully saturated rings. The highest BCUT2D eigenvalue weighted by Gasteiger charge is 2.26. The van der Waals surface area contributed by atoms with E-state index in [1.54, 1.807) is 18.2 Å². The maximum atomic E-state index is 12.7. The molecule has 3 rings (SSSR count). The largest absolute Gasteiger partial charge is 0.360 e. The van der Waals surface area contributed by atoms with E-state index in [4.69, 9.17) is 5.26 Å². The minimum atomic E-state index is -0.293. The van der Waals surface area contributed by atoms with Crippen LogP contribution in [-0.4, -0.2) is 18.5 Å². The molecule has 4 heteroatoms. The summed E-state index contributed by atoms with van der Waals surface area (Å²) in [6, 6.07) is 15.3. The molecule has 0 aromatic heterocycles. The monoisotopic (exact) mass is 319 g/mol. The molecule has 1 amide bonds. The fourth-order valence-electron chi connectivity index (χ4n) is 3.23. The molecule has 1 heterocycles. The van der Waals surface area contributed by atoms with E-state index < -0.39 is 0 Å². The lowest BCUT2D eigenvalue weighted by Gasteiger charge is -2.35. The summed E-state index contributed by atoms with van der Waals surface area (Å²) in [5.41, 5.74) is 4.74. The number of amides is 1. The smallest absolute Gasteiger partial charge is 0.246 e. The van der Waals surface area contributed by atoms with E-state index in [0.717, 1.165) is 25.1 Å². The minimum absolute atomic E-state index is 0.0916. The Morgan fingerprint density at radius 3 is 2.88 bits per heavy atom. The minimum Gasteiger partial charge on any atom is -0.360 e. The van der Waals surface area contributed by atoms with Gasteiger partial charge in [-0.2, -0.15) is 5.26 Å². The second kappa shape index (κ2) is 6.76. The van der Waals surface area contributed by atoms with E-state index in [0.29, 0.717) is 11.3 Å². The fourth-order valence-corrected chi connectivity index (χ4v) is 3.23. The van der Waals surface area contributed by atoms with Crippen LogP contribution in [0.5, 0.6) is 0 Å². The number of hydrogen-bond acceptors (Lipinski definition) is 3. The highest BCUT2D eigenvalue weighted by Crippen LogP contribution is 2.30. The zero-order chi connectivity index (χ0) is 17.1. The van der Waals surface area contributed by atoms with Crippen molar-refractivity contribution in [2.45, 2.75) is 32.7 Å². The molecule has 1 atom stereocenters. The first-order chi connectivity index (χ1) is 11.6. The Labute approximate surface area is 142 Å². The van der Waals surface area contributed by atoms with Gasteiger partial charge in [-0.3, -0.25) is 4.79 Å². The topological polar surface area (TPSA) is 56.1 Å². The van der Waals surface area contributed by atoms with Crippen LogP contribution in [0, 0.1) is 18.3 Å². The Morgan fingerprint density at radius 2 is 2.08 bits per heavy atom. The first kappa shape index (κ1) is 16.1. The van der Waals surface area contributed by atoms with E-state index in [1.165, 1.54) is 11.1 Å². The van der Waals surface area contributed by atoms with E-state index in [2.05, 4.69) is 41.4 Å². The summed E-state index contributed by atoms with van der Waals surface area (Å²) in [5.74, 6) is -0.0916. The van der Waals surface area contributed by atoms with Gasteiger partial charge < -0.3 is 10.2 Å². The Balaban J connectivity index is 1.81. The van der Waals surface area contributed by atoms with E-state index in [9.17, 15) is 4.79 Å². The van der Waals surface area contributed by atoms with Crippen molar-refractivity contribution in [3.8, 4) is 6.07 Å². The number of anilines is 2. The van der Waals surface area contributed by atoms with Crippen LogP contribution in [0.1, 0.15) is 30.0 Å². The molecule has 0 unspecified atom stereocenters. The van der Waals surface area contributed by atoms with Crippen LogP contribution >= 0.6 is 0 Å². The normalized spacial score (nSPS) is 14.5. The van der Waals surface area contributed by atoms with Gasteiger partial charge in [-0.05, 0) is 50.5 Å². The molecule has 0 radical (unpaired) electrons. The van der Waals surface area contributed by atoms with Gasteiger partial charge in [0.15, 0.2) is 0 Å². The number of para-hydroxylation sites is 1. The Kier molecular flexibility index (Phi) is 4.52. The zero-order valence-corrected chi connectivity index (χ0v) is 14.0. The summed E-state index contributed by atoms with van der Waals surface area (Å²) in [4.78, 5) is 14.8. The van der Waals surface area contributed by atoms with Crippen LogP contribution in [0.4, 0.5) is 11.4 Å². The van der Waals surface area contributed by atoms with Crippen LogP contribution in [-0.2, 0) is 11.2 Å². The molecular formula is C20H21N3O. The first-order valence-corrected chi connectivity index (χ1v) is 8.26. The standard InChI is InChI=1S/C20H21N3O/c1-14-9-10-19-16(12-14)7-5-11-23(19)15(2)20(24)22-18-8-4-3-6-17(18)13-21/h3-4,6,8-10,12,15H,5,7,11H2,1-2H3,(H,22,24)/t15-/m1/s1. The molecule has 0 saturated heterocycles. The maximum absolute atomic E-state index is 12.7. The van der Waals surface area contributed by atoms with Crippen LogP contribution in [0.3, 0.4) is 0 Å². The number of carbonyl (C=O) groups excluding carboxylic acids is 1. The lowest BCUT2D eigenvalue weighted by atomic mass is 9.98. The molecule has 0 bridgehead atoms. The van der Waals surface area contributed by atoms with Crippen molar-refractivity contribution in [1.29, 1.82) is 5.26 Å². The van der Waals surface area contributed by atoms with Crippen molar-refractivity contribution in [3.63, 3.8) is 0 Å². The van der Waals surface area contributed by atoms with Crippen molar-refractivity contribution >= 4 is 17.3 Å². The molecule has 24 heavy (non-hydrogen) atoms. The van der Waals surface area contributed by atoms with E-state index >= 15 is 0 Å². The number of benzene rings is 2. The number of fused-ring (bicyclic) bond motifs is 1. The quantitative estimate of drug-likeness (QED) is 0.939. The highest BCUT2D eigenvalue weighted by atomic mass is 16.2. The fraction of sp³-hybridized carbons (Fsp3) is 0.300. The van der Waals surface area contributed by atoms with E-state index in [1.807, 2.05) is 13.0 Å². The van der Waals surface area contributed by atoms with Gasteiger partial charge in [0.25, 0.3) is 0 Å². The number of aryl methyl sites for hydroxylation is 2. The first-order valence-electron chi connectivity index (χ1n) is 8.26. The van der Waals surface area contributed by atoms with Crippen LogP contribution in [0.25, 0.3) is 0 Å². The summed E-state index contributed by atoms with van der Waals surface area (Å²) in [5, 5.41) is 12.1. The molecule has 0 spiro atoms. The van der Waals surface area contributed by atoms with Gasteiger partial charge in [-0.1, -0.05) is 29.8 Å². The molecule has 4 nitrogen and oxygen atoms in total. The summed E-state index contributed by atoms with van der Waals surface area (Å²) < 4.78 is 0. The number of hydrogen-bond donors (Lipinski definition) is 1. The summed E-state index contributed by atoms with van der Waals surface area (Å²) in [6.07, 6.45) is 2.10. The van der Waals surface area contributed by atoms with Gasteiger partial charge >= 0.3 is 0 Å². The third-order valence-electron chi connectivity index (χ3n) is 4.54. The van der Waals surface area contributed by atoms with Crippen LogP contribution in [0.15, 0.2) is 42.5 Å². The van der Waals surface area contributed by atoms with E-state index in [-0.39, 0.29) is 11.9 Å². The second-order valence-corrected chi connectivity index (χ2v) is 6.25. The van der Waals surface area contributed by atoms with Gasteiger partial charge in [0.05, 0.1) is 11.3 Å². The molecule has 2 aromatic carbocycles. The number of rotatable bonds is 3. The molecule has 2 aromatic rings. The number of nitrogens with one attached hydrogen (secondary N) is 1. The number of nitriles is 1. The van der Waals surface area contributed by atoms with Gasteiger partial charge in [0.2, 0.25) is 5.91 Å². The Hall–Kier alpha value is -2.80. The highest BCUT2D eigenvalue weighted by molar-refractivity contribution is 5.97. The molecule has 1 aliphatic heterocycles. The maximum Gasteiger partial charge on any atom is 0.246 e. The number of nitrogens with zero attached hydrogens (tertiary/aromatic N) is 2. The lowest BCUT2D eigenvalue weighted by molar-refractivity contribution is -0.117. The summed E-state index contributed by atoms with van der Waals surface area (Å²) in [6.45, 7) is 4.87. The molecule has 0 saturated carbocycles. The van der Waals surface area contributed by atoms with Crippen molar-refractivity contribution in [1.82, 2.24) is 0 Å². The summed E-state index contributed by atoms with van der Waals surface area (Å²) >= 11 is 0. The Morgan fingerprint density at radius 1 is 1.29 bits per heavy atom. The van der Waals surface area contributed by atoms with Crippen molar-refractivity contribution in [3.05, 3.63) is 59.2 Å². The zero-order valence-electron chi connectivity index (χ0n) is 14.0. The predicted molar refractivity (Wildman–Crippen MR) is 96.1 cm³/mol. The van der Waals surface area contributed by atoms with Gasteiger partial charge in [0.1, 0.15) is 12.1 Å². The van der Waals surface area contributed by atoms with Gasteiger partial charge in [-0.25, -0.2) is 0 Å². The second-order valence-electron chi connectivity index (χ2n) is 6.25. The van der Waals surface area contributed by atoms with Crippen LogP contribution < -0.4 is 10.2 Å². The summed E-state index contributed by atoms with van der Waals surface area (Å²) in [7, 11) is 0. The molecule has 122 valence electrons. The molecule has 0 aliphatic carbocycles.